The highest BCUT2D eigenvalue weighted by atomic mass is 19.4. The number of amidine groups is 1. The number of hydrogen-bond donors (Lipinski definition) is 1. The molecule has 0 radical (unpaired) electrons. The molecule has 190 valence electrons. The van der Waals surface area contributed by atoms with Gasteiger partial charge in [-0.2, -0.15) is 13.2 Å². The average molecular weight is 502 g/mol. The maximum atomic E-state index is 12.9. The van der Waals surface area contributed by atoms with E-state index in [-0.39, 0.29) is 17.6 Å². The molecule has 1 fully saturated rings. The number of benzene rings is 2. The van der Waals surface area contributed by atoms with Gasteiger partial charge in [0.1, 0.15) is 0 Å². The predicted molar refractivity (Wildman–Crippen MR) is 125 cm³/mol. The van der Waals surface area contributed by atoms with Crippen LogP contribution in [0.15, 0.2) is 64.2 Å². The van der Waals surface area contributed by atoms with E-state index >= 15 is 0 Å². The smallest absolute Gasteiger partial charge is 0.494 e. The SMILES string of the molecule is C[C@H](c1ccc(B2OC(C)(C)C(C)(C)O2)cc1)[n+]1cc(N=C([O-])Nc2cccc(C(F)(F)F)c2)on1. The van der Waals surface area contributed by atoms with Crippen molar-refractivity contribution in [2.24, 2.45) is 4.99 Å². The number of aliphatic imine (C=N–C) groups is 1. The molecule has 0 saturated carbocycles. The van der Waals surface area contributed by atoms with E-state index in [9.17, 15) is 18.3 Å². The van der Waals surface area contributed by atoms with Gasteiger partial charge in [0.15, 0.2) is 0 Å². The number of aromatic nitrogens is 2. The molecule has 1 aromatic heterocycles. The van der Waals surface area contributed by atoms with E-state index in [1.165, 1.54) is 23.0 Å². The molecule has 36 heavy (non-hydrogen) atoms. The van der Waals surface area contributed by atoms with Crippen LogP contribution >= 0.6 is 0 Å². The first-order valence-corrected chi connectivity index (χ1v) is 11.3. The van der Waals surface area contributed by atoms with Gasteiger partial charge in [-0.25, -0.2) is 4.99 Å². The molecule has 1 N–H and O–H groups in total. The molecule has 0 unspecified atom stereocenters. The van der Waals surface area contributed by atoms with Gasteiger partial charge in [0.2, 0.25) is 11.3 Å². The second kappa shape index (κ2) is 9.25. The maximum absolute atomic E-state index is 12.9. The van der Waals surface area contributed by atoms with Gasteiger partial charge in [-0.15, -0.1) is 0 Å². The van der Waals surface area contributed by atoms with Gasteiger partial charge in [-0.3, -0.25) is 4.52 Å². The lowest BCUT2D eigenvalue weighted by Crippen LogP contribution is -2.41. The summed E-state index contributed by atoms with van der Waals surface area (Å²) in [5.74, 6) is -0.0971. The molecule has 8 nitrogen and oxygen atoms in total. The van der Waals surface area contributed by atoms with Gasteiger partial charge in [0, 0.05) is 18.2 Å². The highest BCUT2D eigenvalue weighted by Crippen LogP contribution is 2.36. The summed E-state index contributed by atoms with van der Waals surface area (Å²) in [6, 6.07) is 10.8. The number of alkyl halides is 3. The molecular formula is C24H26BF3N4O4. The first-order valence-electron chi connectivity index (χ1n) is 11.3. The third kappa shape index (κ3) is 5.39. The Morgan fingerprint density at radius 2 is 1.72 bits per heavy atom. The average Bonchev–Trinajstić information content (AvgIpc) is 3.34. The summed E-state index contributed by atoms with van der Waals surface area (Å²) in [6.07, 6.45) is -3.09. The second-order valence-electron chi connectivity index (χ2n) is 9.57. The minimum absolute atomic E-state index is 0.0404. The van der Waals surface area contributed by atoms with Crippen molar-refractivity contribution in [1.29, 1.82) is 0 Å². The molecule has 2 aromatic carbocycles. The lowest BCUT2D eigenvalue weighted by atomic mass is 9.78. The van der Waals surface area contributed by atoms with Crippen LogP contribution in [0.4, 0.5) is 24.7 Å². The second-order valence-corrected chi connectivity index (χ2v) is 9.57. The number of halogens is 3. The highest BCUT2D eigenvalue weighted by Gasteiger charge is 2.51. The highest BCUT2D eigenvalue weighted by molar-refractivity contribution is 6.62. The first-order chi connectivity index (χ1) is 16.7. The summed E-state index contributed by atoms with van der Waals surface area (Å²) in [6.45, 7) is 9.86. The fourth-order valence-electron chi connectivity index (χ4n) is 3.57. The van der Waals surface area contributed by atoms with Crippen LogP contribution in [0.25, 0.3) is 0 Å². The van der Waals surface area contributed by atoms with Crippen molar-refractivity contribution in [1.82, 2.24) is 5.27 Å². The molecule has 4 rings (SSSR count). The first kappa shape index (κ1) is 25.7. The van der Waals surface area contributed by atoms with Gasteiger partial charge in [-0.05, 0) is 56.0 Å². The third-order valence-corrected chi connectivity index (χ3v) is 6.47. The molecule has 1 aliphatic rings. The van der Waals surface area contributed by atoms with Crippen LogP contribution in [0.1, 0.15) is 51.8 Å². The standard InChI is InChI=1S/C24H26BF3N4O4/c1-15(16-9-11-18(12-10-16)25-35-22(2,3)23(4,5)36-25)32-14-20(34-31-32)30-21(33)29-19-8-6-7-17(13-19)24(26,27)28/h6-15H,1-5H3,(H-,29,30,31,33)/t15-/m1/s1. The Morgan fingerprint density at radius 1 is 1.08 bits per heavy atom. The molecule has 1 aliphatic heterocycles. The summed E-state index contributed by atoms with van der Waals surface area (Å²) in [4.78, 5) is 3.72. The quantitative estimate of drug-likeness (QED) is 0.249. The van der Waals surface area contributed by atoms with Gasteiger partial charge in [0.25, 0.3) is 6.20 Å². The van der Waals surface area contributed by atoms with E-state index in [0.29, 0.717) is 0 Å². The molecule has 0 spiro atoms. The molecular weight excluding hydrogens is 476 g/mol. The van der Waals surface area contributed by atoms with Gasteiger partial charge >= 0.3 is 19.2 Å². The lowest BCUT2D eigenvalue weighted by Gasteiger charge is -2.32. The van der Waals surface area contributed by atoms with Gasteiger partial charge in [0.05, 0.1) is 22.8 Å². The van der Waals surface area contributed by atoms with Crippen molar-refractivity contribution in [3.05, 3.63) is 65.9 Å². The Kier molecular flexibility index (Phi) is 6.61. The zero-order chi connectivity index (χ0) is 26.3. The topological polar surface area (TPSA) is 95.8 Å². The van der Waals surface area contributed by atoms with Crippen molar-refractivity contribution < 1.29 is 36.8 Å². The van der Waals surface area contributed by atoms with Crippen LogP contribution in [0, 0.1) is 0 Å². The molecule has 0 amide bonds. The third-order valence-electron chi connectivity index (χ3n) is 6.47. The van der Waals surface area contributed by atoms with Crippen LogP contribution < -0.4 is 20.6 Å². The number of nitrogens with one attached hydrogen (secondary N) is 1. The van der Waals surface area contributed by atoms with Crippen molar-refractivity contribution in [2.45, 2.75) is 58.0 Å². The zero-order valence-corrected chi connectivity index (χ0v) is 20.5. The molecule has 2 heterocycles. The molecule has 12 heteroatoms. The Labute approximate surface area is 206 Å². The summed E-state index contributed by atoms with van der Waals surface area (Å²) in [5.41, 5.74) is 0.00361. The van der Waals surface area contributed by atoms with Crippen LogP contribution in [0.3, 0.4) is 0 Å². The van der Waals surface area contributed by atoms with E-state index in [2.05, 4.69) is 15.6 Å². The van der Waals surface area contributed by atoms with Gasteiger partial charge < -0.3 is 19.7 Å². The van der Waals surface area contributed by atoms with Gasteiger partial charge in [-0.1, -0.05) is 30.3 Å². The molecule has 0 aliphatic carbocycles. The van der Waals surface area contributed by atoms with Crippen LogP contribution in [0.5, 0.6) is 0 Å². The predicted octanol–water partition coefficient (Wildman–Crippen LogP) is 3.35. The van der Waals surface area contributed by atoms with E-state index in [4.69, 9.17) is 13.8 Å². The van der Waals surface area contributed by atoms with Crippen LogP contribution in [-0.2, 0) is 15.5 Å². The number of rotatable bonds is 5. The molecule has 3 aromatic rings. The summed E-state index contributed by atoms with van der Waals surface area (Å²) >= 11 is 0. The minimum Gasteiger partial charge on any atom is -0.846 e. The van der Waals surface area contributed by atoms with Crippen molar-refractivity contribution in [3.63, 3.8) is 0 Å². The molecule has 1 saturated heterocycles. The minimum atomic E-state index is -4.52. The van der Waals surface area contributed by atoms with Crippen molar-refractivity contribution >= 4 is 30.2 Å². The Bertz CT molecular complexity index is 1240. The van der Waals surface area contributed by atoms with E-state index in [0.717, 1.165) is 23.2 Å². The fraction of sp³-hybridized carbons (Fsp3) is 0.375. The normalized spacial score (nSPS) is 18.3. The summed E-state index contributed by atoms with van der Waals surface area (Å²) < 4.78 is 57.3. The number of nitrogens with zero attached hydrogens (tertiary/aromatic N) is 3. The summed E-state index contributed by atoms with van der Waals surface area (Å²) in [7, 11) is -0.472. The lowest BCUT2D eigenvalue weighted by molar-refractivity contribution is -0.774. The van der Waals surface area contributed by atoms with E-state index in [1.807, 2.05) is 58.9 Å². The molecule has 1 atom stereocenters. The Morgan fingerprint density at radius 3 is 2.33 bits per heavy atom. The van der Waals surface area contributed by atoms with Crippen LogP contribution in [0.2, 0.25) is 0 Å². The summed E-state index contributed by atoms with van der Waals surface area (Å²) in [5, 5.41) is 18.4. The maximum Gasteiger partial charge on any atom is 0.494 e. The number of hydrogen-bond acceptors (Lipinski definition) is 6. The van der Waals surface area contributed by atoms with E-state index in [1.54, 1.807) is 0 Å². The van der Waals surface area contributed by atoms with E-state index < -0.39 is 36.1 Å². The van der Waals surface area contributed by atoms with Crippen molar-refractivity contribution in [3.8, 4) is 0 Å². The Hall–Kier alpha value is -3.38. The number of anilines is 1. The zero-order valence-electron chi connectivity index (χ0n) is 20.5. The van der Waals surface area contributed by atoms with Crippen LogP contribution in [-0.4, -0.2) is 29.6 Å². The van der Waals surface area contributed by atoms with Crippen molar-refractivity contribution in [2.75, 3.05) is 5.32 Å². The largest absolute Gasteiger partial charge is 0.846 e. The Balaban J connectivity index is 1.43. The molecule has 0 bridgehead atoms. The fourth-order valence-corrected chi connectivity index (χ4v) is 3.57. The monoisotopic (exact) mass is 502 g/mol.